The van der Waals surface area contributed by atoms with Crippen molar-refractivity contribution >= 4 is 24.3 Å². The van der Waals surface area contributed by atoms with Crippen LogP contribution in [0.25, 0.3) is 0 Å². The third-order valence-electron chi connectivity index (χ3n) is 2.01. The van der Waals surface area contributed by atoms with Gasteiger partial charge in [0.25, 0.3) is 0 Å². The summed E-state index contributed by atoms with van der Waals surface area (Å²) in [4.78, 5) is 18.0. The average Bonchev–Trinajstić information content (AvgIpc) is 2.34. The second-order valence-electron chi connectivity index (χ2n) is 3.57. The number of anilines is 1. The van der Waals surface area contributed by atoms with Gasteiger partial charge in [-0.2, -0.15) is 13.2 Å². The molecule has 0 fully saturated rings. The van der Waals surface area contributed by atoms with Crippen LogP contribution < -0.4 is 16.0 Å². The molecule has 1 heterocycles. The number of aromatic nitrogens is 2. The molecule has 1 rings (SSSR count). The number of halogens is 4. The van der Waals surface area contributed by atoms with E-state index in [1.807, 2.05) is 0 Å². The maximum atomic E-state index is 12.4. The van der Waals surface area contributed by atoms with Crippen LogP contribution in [0.4, 0.5) is 19.1 Å². The topological polar surface area (TPSA) is 78.9 Å². The third-order valence-corrected chi connectivity index (χ3v) is 2.01. The lowest BCUT2D eigenvalue weighted by Gasteiger charge is -2.09. The maximum absolute atomic E-state index is 12.4. The number of alkyl halides is 3. The SMILES string of the molecule is CNCC(=O)NCCNc1nccc(C(F)(F)F)n1.Cl. The predicted molar refractivity (Wildman–Crippen MR) is 69.7 cm³/mol. The molecule has 0 aliphatic carbocycles. The second kappa shape index (κ2) is 8.54. The Kier molecular flexibility index (Phi) is 7.85. The Balaban J connectivity index is 0.00000361. The van der Waals surface area contributed by atoms with Gasteiger partial charge >= 0.3 is 6.18 Å². The van der Waals surface area contributed by atoms with Crippen LogP contribution in [0.3, 0.4) is 0 Å². The molecular formula is C10H15ClF3N5O. The van der Waals surface area contributed by atoms with Crippen molar-refractivity contribution in [3.63, 3.8) is 0 Å². The number of nitrogens with one attached hydrogen (secondary N) is 3. The van der Waals surface area contributed by atoms with Gasteiger partial charge in [-0.25, -0.2) is 9.97 Å². The highest BCUT2D eigenvalue weighted by atomic mass is 35.5. The maximum Gasteiger partial charge on any atom is 0.433 e. The van der Waals surface area contributed by atoms with E-state index in [-0.39, 0.29) is 43.9 Å². The predicted octanol–water partition coefficient (Wildman–Crippen LogP) is 0.665. The molecule has 1 aromatic rings. The zero-order valence-electron chi connectivity index (χ0n) is 10.6. The Bertz CT molecular complexity index is 430. The lowest BCUT2D eigenvalue weighted by Crippen LogP contribution is -2.35. The van der Waals surface area contributed by atoms with Crippen molar-refractivity contribution in [1.29, 1.82) is 0 Å². The van der Waals surface area contributed by atoms with E-state index in [0.29, 0.717) is 0 Å². The van der Waals surface area contributed by atoms with Gasteiger partial charge < -0.3 is 16.0 Å². The third kappa shape index (κ3) is 6.53. The first kappa shape index (κ1) is 18.4. The first-order chi connectivity index (χ1) is 8.93. The molecule has 3 N–H and O–H groups in total. The van der Waals surface area contributed by atoms with Crippen LogP contribution in [-0.2, 0) is 11.0 Å². The average molecular weight is 314 g/mol. The van der Waals surface area contributed by atoms with Crippen LogP contribution in [0.5, 0.6) is 0 Å². The molecule has 10 heteroatoms. The lowest BCUT2D eigenvalue weighted by atomic mass is 10.4. The van der Waals surface area contributed by atoms with Crippen LogP contribution in [0.15, 0.2) is 12.3 Å². The summed E-state index contributed by atoms with van der Waals surface area (Å²) in [6.07, 6.45) is -3.47. The molecule has 6 nitrogen and oxygen atoms in total. The molecule has 0 spiro atoms. The van der Waals surface area contributed by atoms with Gasteiger partial charge in [-0.3, -0.25) is 4.79 Å². The Morgan fingerprint density at radius 1 is 1.35 bits per heavy atom. The van der Waals surface area contributed by atoms with E-state index in [1.54, 1.807) is 7.05 Å². The quantitative estimate of drug-likeness (QED) is 0.673. The first-order valence-corrected chi connectivity index (χ1v) is 5.49. The molecule has 114 valence electrons. The highest BCUT2D eigenvalue weighted by Crippen LogP contribution is 2.27. The van der Waals surface area contributed by atoms with Gasteiger partial charge in [0.2, 0.25) is 11.9 Å². The van der Waals surface area contributed by atoms with Gasteiger partial charge in [-0.1, -0.05) is 0 Å². The van der Waals surface area contributed by atoms with Gasteiger partial charge in [0.15, 0.2) is 0 Å². The molecule has 0 radical (unpaired) electrons. The lowest BCUT2D eigenvalue weighted by molar-refractivity contribution is -0.141. The summed E-state index contributed by atoms with van der Waals surface area (Å²) in [6, 6.07) is 0.792. The summed E-state index contributed by atoms with van der Waals surface area (Å²) in [6.45, 7) is 0.678. The summed E-state index contributed by atoms with van der Waals surface area (Å²) >= 11 is 0. The van der Waals surface area contributed by atoms with Gasteiger partial charge in [0.05, 0.1) is 6.54 Å². The monoisotopic (exact) mass is 313 g/mol. The van der Waals surface area contributed by atoms with Crippen LogP contribution in [0, 0.1) is 0 Å². The summed E-state index contributed by atoms with van der Waals surface area (Å²) in [5, 5.41) is 7.82. The van der Waals surface area contributed by atoms with Gasteiger partial charge in [0.1, 0.15) is 5.69 Å². The fourth-order valence-electron chi connectivity index (χ4n) is 1.20. The molecule has 0 aliphatic rings. The van der Waals surface area contributed by atoms with Crippen molar-refractivity contribution in [3.05, 3.63) is 18.0 Å². The molecule has 0 aromatic carbocycles. The van der Waals surface area contributed by atoms with Crippen LogP contribution in [0.2, 0.25) is 0 Å². The normalized spacial score (nSPS) is 10.6. The van der Waals surface area contributed by atoms with Crippen molar-refractivity contribution in [2.45, 2.75) is 6.18 Å². The van der Waals surface area contributed by atoms with Crippen molar-refractivity contribution in [2.75, 3.05) is 32.0 Å². The molecule has 20 heavy (non-hydrogen) atoms. The molecule has 0 bridgehead atoms. The summed E-state index contributed by atoms with van der Waals surface area (Å²) in [5.41, 5.74) is -1.01. The van der Waals surface area contributed by atoms with E-state index in [2.05, 4.69) is 25.9 Å². The summed E-state index contributed by atoms with van der Waals surface area (Å²) in [7, 11) is 1.63. The molecule has 0 unspecified atom stereocenters. The number of likely N-dealkylation sites (N-methyl/N-ethyl adjacent to an activating group) is 1. The van der Waals surface area contributed by atoms with E-state index in [4.69, 9.17) is 0 Å². The van der Waals surface area contributed by atoms with Crippen LogP contribution in [-0.4, -0.2) is 42.6 Å². The van der Waals surface area contributed by atoms with Crippen molar-refractivity contribution in [2.24, 2.45) is 0 Å². The Morgan fingerprint density at radius 3 is 2.65 bits per heavy atom. The minimum absolute atomic E-state index is 0. The second-order valence-corrected chi connectivity index (χ2v) is 3.57. The van der Waals surface area contributed by atoms with E-state index in [9.17, 15) is 18.0 Å². The van der Waals surface area contributed by atoms with Crippen LogP contribution in [0.1, 0.15) is 5.69 Å². The van der Waals surface area contributed by atoms with Gasteiger partial charge in [-0.05, 0) is 13.1 Å². The summed E-state index contributed by atoms with van der Waals surface area (Å²) < 4.78 is 37.1. The van der Waals surface area contributed by atoms with Gasteiger partial charge in [0, 0.05) is 19.3 Å². The van der Waals surface area contributed by atoms with Crippen LogP contribution >= 0.6 is 12.4 Å². The zero-order chi connectivity index (χ0) is 14.3. The smallest absolute Gasteiger partial charge is 0.353 e. The highest BCUT2D eigenvalue weighted by molar-refractivity contribution is 5.85. The highest BCUT2D eigenvalue weighted by Gasteiger charge is 2.32. The number of amides is 1. The van der Waals surface area contributed by atoms with Crippen molar-refractivity contribution in [1.82, 2.24) is 20.6 Å². The first-order valence-electron chi connectivity index (χ1n) is 5.49. The number of rotatable bonds is 6. The van der Waals surface area contributed by atoms with E-state index >= 15 is 0 Å². The number of carbonyl (C=O) groups excluding carboxylic acids is 1. The standard InChI is InChI=1S/C10H14F3N5O.ClH/c1-14-6-8(19)15-4-5-17-9-16-3-2-7(18-9)10(11,12)13;/h2-3,14H,4-6H2,1H3,(H,15,19)(H,16,17,18);1H. The van der Waals surface area contributed by atoms with Crippen molar-refractivity contribution in [3.8, 4) is 0 Å². The van der Waals surface area contributed by atoms with E-state index in [1.165, 1.54) is 0 Å². The summed E-state index contributed by atoms with van der Waals surface area (Å²) in [5.74, 6) is -0.327. The minimum atomic E-state index is -4.50. The van der Waals surface area contributed by atoms with Gasteiger partial charge in [-0.15, -0.1) is 12.4 Å². The Labute approximate surface area is 120 Å². The van der Waals surface area contributed by atoms with E-state index < -0.39 is 11.9 Å². The number of hydrogen-bond donors (Lipinski definition) is 3. The molecule has 0 saturated heterocycles. The Hall–Kier alpha value is -1.61. The molecule has 0 atom stereocenters. The molecule has 0 saturated carbocycles. The Morgan fingerprint density at radius 2 is 2.05 bits per heavy atom. The molecular weight excluding hydrogens is 299 g/mol. The largest absolute Gasteiger partial charge is 0.433 e. The van der Waals surface area contributed by atoms with E-state index in [0.717, 1.165) is 12.3 Å². The van der Waals surface area contributed by atoms with Crippen molar-refractivity contribution < 1.29 is 18.0 Å². The number of hydrogen-bond acceptors (Lipinski definition) is 5. The molecule has 1 amide bonds. The number of nitrogens with zero attached hydrogens (tertiary/aromatic N) is 2. The fraction of sp³-hybridized carbons (Fsp3) is 0.500. The zero-order valence-corrected chi connectivity index (χ0v) is 11.4. The fourth-order valence-corrected chi connectivity index (χ4v) is 1.20. The number of carbonyl (C=O) groups is 1. The molecule has 1 aromatic heterocycles. The minimum Gasteiger partial charge on any atom is -0.353 e. The molecule has 0 aliphatic heterocycles.